The van der Waals surface area contributed by atoms with E-state index in [9.17, 15) is 8.42 Å². The van der Waals surface area contributed by atoms with E-state index in [1.165, 1.54) is 18.5 Å². The van der Waals surface area contributed by atoms with E-state index >= 15 is 0 Å². The molecule has 106 valence electrons. The van der Waals surface area contributed by atoms with Crippen LogP contribution in [-0.2, 0) is 20.5 Å². The highest BCUT2D eigenvalue weighted by Crippen LogP contribution is 2.11. The molecule has 0 radical (unpaired) electrons. The van der Waals surface area contributed by atoms with Crippen molar-refractivity contribution in [1.29, 1.82) is 0 Å². The first-order chi connectivity index (χ1) is 8.86. The molecule has 7 heteroatoms. The van der Waals surface area contributed by atoms with Crippen LogP contribution >= 0.6 is 12.2 Å². The van der Waals surface area contributed by atoms with Gasteiger partial charge in [-0.05, 0) is 5.56 Å². The van der Waals surface area contributed by atoms with Crippen molar-refractivity contribution in [2.45, 2.75) is 5.75 Å². The third-order valence-corrected chi connectivity index (χ3v) is 4.74. The van der Waals surface area contributed by atoms with E-state index in [4.69, 9.17) is 22.7 Å². The fourth-order valence-electron chi connectivity index (χ4n) is 1.44. The standard InChI is InChI=1S/C12H18N2O3S2/c1-14(7-8-17-2)19(15,16)9-10-3-5-11(6-4-10)12(13)18/h3-6H,7-9H2,1-2H3,(H2,13,18). The Morgan fingerprint density at radius 2 is 1.95 bits per heavy atom. The van der Waals surface area contributed by atoms with Crippen LogP contribution in [-0.4, -0.2) is 45.0 Å². The van der Waals surface area contributed by atoms with E-state index < -0.39 is 10.0 Å². The summed E-state index contributed by atoms with van der Waals surface area (Å²) in [5.74, 6) is -0.0508. The number of rotatable bonds is 7. The van der Waals surface area contributed by atoms with E-state index in [2.05, 4.69) is 0 Å². The molecular weight excluding hydrogens is 284 g/mol. The molecule has 0 aromatic heterocycles. The number of benzene rings is 1. The lowest BCUT2D eigenvalue weighted by molar-refractivity contribution is 0.185. The lowest BCUT2D eigenvalue weighted by Gasteiger charge is -2.16. The maximum absolute atomic E-state index is 12.0. The van der Waals surface area contributed by atoms with Gasteiger partial charge in [0.15, 0.2) is 0 Å². The normalized spacial score (nSPS) is 11.7. The minimum Gasteiger partial charge on any atom is -0.389 e. The van der Waals surface area contributed by atoms with Crippen molar-refractivity contribution in [1.82, 2.24) is 4.31 Å². The summed E-state index contributed by atoms with van der Waals surface area (Å²) in [4.78, 5) is 0.298. The average Bonchev–Trinajstić information content (AvgIpc) is 2.36. The van der Waals surface area contributed by atoms with Gasteiger partial charge < -0.3 is 10.5 Å². The predicted octanol–water partition coefficient (Wildman–Crippen LogP) is 0.729. The Bertz CT molecular complexity index is 526. The van der Waals surface area contributed by atoms with Crippen molar-refractivity contribution in [3.8, 4) is 0 Å². The van der Waals surface area contributed by atoms with E-state index in [0.29, 0.717) is 23.7 Å². The van der Waals surface area contributed by atoms with Gasteiger partial charge in [0.05, 0.1) is 12.4 Å². The first-order valence-corrected chi connectivity index (χ1v) is 7.70. The molecule has 1 aromatic rings. The van der Waals surface area contributed by atoms with Gasteiger partial charge >= 0.3 is 0 Å². The highest BCUT2D eigenvalue weighted by molar-refractivity contribution is 7.88. The molecule has 0 spiro atoms. The molecule has 19 heavy (non-hydrogen) atoms. The second kappa shape index (κ2) is 6.95. The summed E-state index contributed by atoms with van der Waals surface area (Å²) in [6.07, 6.45) is 0. The molecule has 0 aliphatic rings. The Kier molecular flexibility index (Phi) is 5.86. The zero-order valence-corrected chi connectivity index (χ0v) is 12.6. The molecule has 0 amide bonds. The van der Waals surface area contributed by atoms with Gasteiger partial charge in [-0.3, -0.25) is 0 Å². The number of methoxy groups -OCH3 is 1. The largest absolute Gasteiger partial charge is 0.389 e. The van der Waals surface area contributed by atoms with Crippen LogP contribution in [0.4, 0.5) is 0 Å². The maximum atomic E-state index is 12.0. The van der Waals surface area contributed by atoms with Gasteiger partial charge in [-0.15, -0.1) is 0 Å². The Balaban J connectivity index is 2.75. The van der Waals surface area contributed by atoms with Crippen molar-refractivity contribution in [2.75, 3.05) is 27.3 Å². The SMILES string of the molecule is COCCN(C)S(=O)(=O)Cc1ccc(C(N)=S)cc1. The number of hydrogen-bond donors (Lipinski definition) is 1. The van der Waals surface area contributed by atoms with E-state index in [1.807, 2.05) is 0 Å². The molecule has 1 rings (SSSR count). The zero-order valence-electron chi connectivity index (χ0n) is 11.0. The average molecular weight is 302 g/mol. The highest BCUT2D eigenvalue weighted by Gasteiger charge is 2.18. The quantitative estimate of drug-likeness (QED) is 0.752. The van der Waals surface area contributed by atoms with Gasteiger partial charge in [-0.25, -0.2) is 12.7 Å². The zero-order chi connectivity index (χ0) is 14.5. The number of likely N-dealkylation sites (N-methyl/N-ethyl adjacent to an activating group) is 1. The third-order valence-electron chi connectivity index (χ3n) is 2.67. The van der Waals surface area contributed by atoms with Gasteiger partial charge in [0, 0.05) is 26.3 Å². The predicted molar refractivity (Wildman–Crippen MR) is 79.5 cm³/mol. The van der Waals surface area contributed by atoms with Crippen molar-refractivity contribution < 1.29 is 13.2 Å². The minimum absolute atomic E-state index is 0.0508. The lowest BCUT2D eigenvalue weighted by Crippen LogP contribution is -2.31. The van der Waals surface area contributed by atoms with Gasteiger partial charge in [-0.2, -0.15) is 0 Å². The number of thiocarbonyl (C=S) groups is 1. The molecule has 2 N–H and O–H groups in total. The number of nitrogens with two attached hydrogens (primary N) is 1. The summed E-state index contributed by atoms with van der Waals surface area (Å²) < 4.78 is 30.2. The molecule has 0 saturated carbocycles. The molecule has 1 aromatic carbocycles. The smallest absolute Gasteiger partial charge is 0.218 e. The van der Waals surface area contributed by atoms with Gasteiger partial charge in [0.1, 0.15) is 4.99 Å². The molecule has 0 heterocycles. The van der Waals surface area contributed by atoms with Crippen LogP contribution in [0, 0.1) is 0 Å². The lowest BCUT2D eigenvalue weighted by atomic mass is 10.1. The Morgan fingerprint density at radius 3 is 2.42 bits per heavy atom. The van der Waals surface area contributed by atoms with Gasteiger partial charge in [0.25, 0.3) is 0 Å². The summed E-state index contributed by atoms with van der Waals surface area (Å²) in [7, 11) is -0.253. The highest BCUT2D eigenvalue weighted by atomic mass is 32.2. The molecular formula is C12H18N2O3S2. The van der Waals surface area contributed by atoms with Crippen LogP contribution < -0.4 is 5.73 Å². The van der Waals surface area contributed by atoms with Crippen LogP contribution in [0.3, 0.4) is 0 Å². The van der Waals surface area contributed by atoms with Crippen molar-refractivity contribution in [3.63, 3.8) is 0 Å². The topological polar surface area (TPSA) is 72.6 Å². The van der Waals surface area contributed by atoms with E-state index in [0.717, 1.165) is 5.56 Å². The fourth-order valence-corrected chi connectivity index (χ4v) is 2.77. The number of hydrogen-bond acceptors (Lipinski definition) is 4. The monoisotopic (exact) mass is 302 g/mol. The Labute approximate surface area is 119 Å². The summed E-state index contributed by atoms with van der Waals surface area (Å²) in [5.41, 5.74) is 6.91. The Hall–Kier alpha value is -1.02. The van der Waals surface area contributed by atoms with E-state index in [1.54, 1.807) is 24.3 Å². The third kappa shape index (κ3) is 4.87. The molecule has 0 aliphatic carbocycles. The summed E-state index contributed by atoms with van der Waals surface area (Å²) in [6, 6.07) is 6.89. The first kappa shape index (κ1) is 16.0. The van der Waals surface area contributed by atoms with Crippen LogP contribution in [0.1, 0.15) is 11.1 Å². The summed E-state index contributed by atoms with van der Waals surface area (Å²) in [6.45, 7) is 0.708. The van der Waals surface area contributed by atoms with Crippen LogP contribution in [0.25, 0.3) is 0 Å². The molecule has 0 atom stereocenters. The maximum Gasteiger partial charge on any atom is 0.218 e. The number of sulfonamides is 1. The summed E-state index contributed by atoms with van der Waals surface area (Å²) in [5, 5.41) is 0. The van der Waals surface area contributed by atoms with Crippen LogP contribution in [0.5, 0.6) is 0 Å². The molecule has 5 nitrogen and oxygen atoms in total. The second-order valence-corrected chi connectivity index (χ2v) is 6.65. The summed E-state index contributed by atoms with van der Waals surface area (Å²) >= 11 is 4.84. The van der Waals surface area contributed by atoms with Crippen molar-refractivity contribution in [3.05, 3.63) is 35.4 Å². The van der Waals surface area contributed by atoms with Crippen molar-refractivity contribution >= 4 is 27.2 Å². The number of nitrogens with zero attached hydrogens (tertiary/aromatic N) is 1. The fraction of sp³-hybridized carbons (Fsp3) is 0.417. The molecule has 0 fully saturated rings. The van der Waals surface area contributed by atoms with E-state index in [-0.39, 0.29) is 5.75 Å². The first-order valence-electron chi connectivity index (χ1n) is 5.68. The minimum atomic E-state index is -3.33. The Morgan fingerprint density at radius 1 is 1.37 bits per heavy atom. The van der Waals surface area contributed by atoms with Gasteiger partial charge in [0.2, 0.25) is 10.0 Å². The number of ether oxygens (including phenoxy) is 1. The molecule has 0 saturated heterocycles. The van der Waals surface area contributed by atoms with Crippen LogP contribution in [0.15, 0.2) is 24.3 Å². The molecule has 0 bridgehead atoms. The second-order valence-electron chi connectivity index (χ2n) is 4.13. The van der Waals surface area contributed by atoms with Crippen molar-refractivity contribution in [2.24, 2.45) is 5.73 Å². The van der Waals surface area contributed by atoms with Crippen LogP contribution in [0.2, 0.25) is 0 Å². The molecule has 0 aliphatic heterocycles. The molecule has 0 unspecified atom stereocenters. The van der Waals surface area contributed by atoms with Gasteiger partial charge in [-0.1, -0.05) is 36.5 Å².